The predicted octanol–water partition coefficient (Wildman–Crippen LogP) is 5.92. The average molecular weight is 432 g/mol. The lowest BCUT2D eigenvalue weighted by Gasteiger charge is -2.30. The number of anilines is 1. The topological polar surface area (TPSA) is 45.2 Å². The molecule has 1 fully saturated rings. The van der Waals surface area contributed by atoms with E-state index in [0.717, 1.165) is 46.1 Å². The standard InChI is InChI=1S/C21H22ClN3OS2/c1-13-11-14(2)19-17(12-13)23-21(27-19)24-20(26)15-7-9-25(10-8-15)28-18-6-4-3-5-16(18)22/h3-6,11-12,15H,7-10H2,1-2H3,(H,23,24,26). The zero-order valence-electron chi connectivity index (χ0n) is 15.9. The number of carbonyl (C=O) groups is 1. The Morgan fingerprint density at radius 1 is 1.25 bits per heavy atom. The largest absolute Gasteiger partial charge is 0.302 e. The zero-order valence-corrected chi connectivity index (χ0v) is 18.3. The lowest BCUT2D eigenvalue weighted by molar-refractivity contribution is -0.120. The van der Waals surface area contributed by atoms with Crippen LogP contribution in [-0.4, -0.2) is 28.3 Å². The number of fused-ring (bicyclic) bond motifs is 1. The molecule has 0 atom stereocenters. The van der Waals surface area contributed by atoms with Crippen LogP contribution in [-0.2, 0) is 4.79 Å². The molecule has 4 nitrogen and oxygen atoms in total. The van der Waals surface area contributed by atoms with Gasteiger partial charge < -0.3 is 5.32 Å². The molecule has 1 aliphatic heterocycles. The minimum Gasteiger partial charge on any atom is -0.302 e. The van der Waals surface area contributed by atoms with Crippen LogP contribution in [0, 0.1) is 19.8 Å². The van der Waals surface area contributed by atoms with Crippen LogP contribution in [0.5, 0.6) is 0 Å². The summed E-state index contributed by atoms with van der Waals surface area (Å²) in [6.07, 6.45) is 1.68. The first-order valence-corrected chi connectivity index (χ1v) is 11.3. The van der Waals surface area contributed by atoms with Gasteiger partial charge in [-0.05, 0) is 68.0 Å². The number of nitrogens with one attached hydrogen (secondary N) is 1. The molecule has 7 heteroatoms. The molecule has 2 aromatic carbocycles. The monoisotopic (exact) mass is 431 g/mol. The Bertz CT molecular complexity index is 1010. The minimum atomic E-state index is 0.0259. The summed E-state index contributed by atoms with van der Waals surface area (Å²) >= 11 is 9.48. The van der Waals surface area contributed by atoms with Gasteiger partial charge in [-0.1, -0.05) is 41.1 Å². The van der Waals surface area contributed by atoms with Crippen molar-refractivity contribution in [1.29, 1.82) is 0 Å². The predicted molar refractivity (Wildman–Crippen MR) is 119 cm³/mol. The van der Waals surface area contributed by atoms with Gasteiger partial charge in [0.15, 0.2) is 5.13 Å². The molecule has 0 radical (unpaired) electrons. The summed E-state index contributed by atoms with van der Waals surface area (Å²) in [7, 11) is 0. The van der Waals surface area contributed by atoms with Gasteiger partial charge in [-0.15, -0.1) is 0 Å². The summed E-state index contributed by atoms with van der Waals surface area (Å²) in [5.41, 5.74) is 3.36. The van der Waals surface area contributed by atoms with Gasteiger partial charge in [0, 0.05) is 23.9 Å². The Morgan fingerprint density at radius 3 is 2.75 bits per heavy atom. The Labute approximate surface area is 178 Å². The van der Waals surface area contributed by atoms with Gasteiger partial charge >= 0.3 is 0 Å². The number of nitrogens with zero attached hydrogens (tertiary/aromatic N) is 2. The second-order valence-corrected chi connectivity index (χ2v) is 9.71. The van der Waals surface area contributed by atoms with Crippen LogP contribution in [0.1, 0.15) is 24.0 Å². The van der Waals surface area contributed by atoms with E-state index in [1.54, 1.807) is 23.3 Å². The lowest BCUT2D eigenvalue weighted by Crippen LogP contribution is -2.34. The van der Waals surface area contributed by atoms with Crippen molar-refractivity contribution < 1.29 is 4.79 Å². The fraction of sp³-hybridized carbons (Fsp3) is 0.333. The molecule has 0 aliphatic carbocycles. The Morgan fingerprint density at radius 2 is 2.00 bits per heavy atom. The molecule has 1 aromatic heterocycles. The molecule has 1 aliphatic rings. The van der Waals surface area contributed by atoms with Crippen molar-refractivity contribution in [3.8, 4) is 0 Å². The minimum absolute atomic E-state index is 0.0259. The quantitative estimate of drug-likeness (QED) is 0.520. The van der Waals surface area contributed by atoms with Crippen molar-refractivity contribution in [2.75, 3.05) is 18.4 Å². The number of hydrogen-bond donors (Lipinski definition) is 1. The molecule has 0 bridgehead atoms. The SMILES string of the molecule is Cc1cc(C)c2sc(NC(=O)C3CCN(Sc4ccccc4Cl)CC3)nc2c1. The molecule has 0 saturated carbocycles. The van der Waals surface area contributed by atoms with Crippen LogP contribution >= 0.6 is 34.9 Å². The Kier molecular flexibility index (Phi) is 5.92. The van der Waals surface area contributed by atoms with Crippen molar-refractivity contribution in [2.45, 2.75) is 31.6 Å². The molecule has 3 aromatic rings. The maximum atomic E-state index is 12.7. The number of amides is 1. The summed E-state index contributed by atoms with van der Waals surface area (Å²) in [5.74, 6) is 0.105. The first-order chi connectivity index (χ1) is 13.5. The van der Waals surface area contributed by atoms with Crippen LogP contribution in [0.25, 0.3) is 10.2 Å². The van der Waals surface area contributed by atoms with E-state index in [1.807, 2.05) is 24.3 Å². The maximum Gasteiger partial charge on any atom is 0.229 e. The highest BCUT2D eigenvalue weighted by atomic mass is 35.5. The van der Waals surface area contributed by atoms with Crippen molar-refractivity contribution in [2.24, 2.45) is 5.92 Å². The molecule has 1 saturated heterocycles. The first kappa shape index (κ1) is 19.7. The molecule has 0 spiro atoms. The first-order valence-electron chi connectivity index (χ1n) is 9.35. The highest BCUT2D eigenvalue weighted by Crippen LogP contribution is 2.34. The van der Waals surface area contributed by atoms with Crippen LogP contribution < -0.4 is 5.32 Å². The molecule has 1 amide bonds. The van der Waals surface area contributed by atoms with E-state index in [-0.39, 0.29) is 11.8 Å². The van der Waals surface area contributed by atoms with Crippen molar-refractivity contribution >= 4 is 56.1 Å². The third kappa shape index (κ3) is 4.35. The summed E-state index contributed by atoms with van der Waals surface area (Å²) in [4.78, 5) is 18.4. The van der Waals surface area contributed by atoms with Crippen LogP contribution in [0.15, 0.2) is 41.3 Å². The lowest BCUT2D eigenvalue weighted by atomic mass is 9.97. The molecule has 4 rings (SSSR count). The second kappa shape index (κ2) is 8.41. The van der Waals surface area contributed by atoms with Crippen molar-refractivity contribution in [1.82, 2.24) is 9.29 Å². The van der Waals surface area contributed by atoms with Gasteiger partial charge in [0.2, 0.25) is 5.91 Å². The van der Waals surface area contributed by atoms with E-state index in [4.69, 9.17) is 11.6 Å². The van der Waals surface area contributed by atoms with Gasteiger partial charge in [0.1, 0.15) is 0 Å². The van der Waals surface area contributed by atoms with Crippen molar-refractivity contribution in [3.63, 3.8) is 0 Å². The van der Waals surface area contributed by atoms with E-state index in [0.29, 0.717) is 5.13 Å². The Balaban J connectivity index is 1.35. The van der Waals surface area contributed by atoms with Crippen LogP contribution in [0.2, 0.25) is 5.02 Å². The third-order valence-corrected chi connectivity index (χ3v) is 7.68. The van der Waals surface area contributed by atoms with E-state index in [1.165, 1.54) is 11.1 Å². The zero-order chi connectivity index (χ0) is 19.7. The summed E-state index contributed by atoms with van der Waals surface area (Å²) < 4.78 is 3.43. The molecular formula is C21H22ClN3OS2. The number of aromatic nitrogens is 1. The Hall–Kier alpha value is -1.60. The molecular weight excluding hydrogens is 410 g/mol. The van der Waals surface area contributed by atoms with E-state index in [9.17, 15) is 4.79 Å². The normalized spacial score (nSPS) is 15.8. The van der Waals surface area contributed by atoms with Crippen LogP contribution in [0.4, 0.5) is 5.13 Å². The number of thiazole rings is 1. The third-order valence-electron chi connectivity index (χ3n) is 4.94. The molecule has 146 valence electrons. The van der Waals surface area contributed by atoms with Gasteiger partial charge in [-0.2, -0.15) is 0 Å². The van der Waals surface area contributed by atoms with Gasteiger partial charge in [0.05, 0.1) is 15.2 Å². The van der Waals surface area contributed by atoms with E-state index in [2.05, 4.69) is 40.6 Å². The highest BCUT2D eigenvalue weighted by Gasteiger charge is 2.26. The van der Waals surface area contributed by atoms with E-state index >= 15 is 0 Å². The van der Waals surface area contributed by atoms with Crippen LogP contribution in [0.3, 0.4) is 0 Å². The summed E-state index contributed by atoms with van der Waals surface area (Å²) in [5, 5.41) is 4.51. The number of carbonyl (C=O) groups excluding carboxylic acids is 1. The summed E-state index contributed by atoms with van der Waals surface area (Å²) in [6, 6.07) is 12.1. The molecule has 2 heterocycles. The van der Waals surface area contributed by atoms with Crippen molar-refractivity contribution in [3.05, 3.63) is 52.5 Å². The fourth-order valence-corrected chi connectivity index (χ4v) is 5.63. The molecule has 1 N–H and O–H groups in total. The maximum absolute atomic E-state index is 12.7. The number of rotatable bonds is 4. The second-order valence-electron chi connectivity index (χ2n) is 7.16. The highest BCUT2D eigenvalue weighted by molar-refractivity contribution is 7.97. The number of benzene rings is 2. The van der Waals surface area contributed by atoms with Gasteiger partial charge in [-0.25, -0.2) is 9.29 Å². The number of aryl methyl sites for hydroxylation is 2. The number of halogens is 1. The smallest absolute Gasteiger partial charge is 0.229 e. The van der Waals surface area contributed by atoms with E-state index < -0.39 is 0 Å². The fourth-order valence-electron chi connectivity index (χ4n) is 3.50. The summed E-state index contributed by atoms with van der Waals surface area (Å²) in [6.45, 7) is 5.89. The van der Waals surface area contributed by atoms with Gasteiger partial charge in [-0.3, -0.25) is 4.79 Å². The average Bonchev–Trinajstić information content (AvgIpc) is 3.07. The number of piperidine rings is 1. The number of hydrogen-bond acceptors (Lipinski definition) is 5. The molecule has 28 heavy (non-hydrogen) atoms. The molecule has 0 unspecified atom stereocenters. The van der Waals surface area contributed by atoms with Gasteiger partial charge in [0.25, 0.3) is 0 Å².